The van der Waals surface area contributed by atoms with Crippen molar-refractivity contribution < 1.29 is 10.0 Å². The summed E-state index contributed by atoms with van der Waals surface area (Å²) in [6.45, 7) is 6.85. The Balaban J connectivity index is 1.75. The van der Waals surface area contributed by atoms with E-state index < -0.39 is 4.92 Å². The van der Waals surface area contributed by atoms with Crippen LogP contribution in [0.15, 0.2) is 12.1 Å². The van der Waals surface area contributed by atoms with E-state index in [1.165, 1.54) is 19.4 Å². The summed E-state index contributed by atoms with van der Waals surface area (Å²) in [5.41, 5.74) is 2.02. The van der Waals surface area contributed by atoms with Crippen molar-refractivity contribution >= 4 is 5.69 Å². The highest BCUT2D eigenvalue weighted by Gasteiger charge is 2.49. The largest absolute Gasteiger partial charge is 0.502 e. The summed E-state index contributed by atoms with van der Waals surface area (Å²) in [6, 6.07) is 3.74. The van der Waals surface area contributed by atoms with Crippen LogP contribution in [-0.2, 0) is 11.8 Å². The lowest BCUT2D eigenvalue weighted by atomic mass is 9.59. The fraction of sp³-hybridized carbons (Fsp3) is 0.667. The van der Waals surface area contributed by atoms with Crippen molar-refractivity contribution in [1.82, 2.24) is 4.90 Å². The minimum Gasteiger partial charge on any atom is -0.502 e. The fourth-order valence-electron chi connectivity index (χ4n) is 4.75. The minimum absolute atomic E-state index is 0.00487. The number of nitrogens with zero attached hydrogens (tertiary/aromatic N) is 2. The number of phenols is 1. The number of nitro groups is 1. The average molecular weight is 316 g/mol. The molecule has 1 saturated carbocycles. The molecular weight excluding hydrogens is 292 g/mol. The molecule has 5 heteroatoms. The molecule has 0 spiro atoms. The number of phenolic OH excluding ortho intramolecular Hbond substituents is 1. The van der Waals surface area contributed by atoms with Gasteiger partial charge in [0, 0.05) is 18.7 Å². The van der Waals surface area contributed by atoms with Gasteiger partial charge in [-0.1, -0.05) is 13.8 Å². The van der Waals surface area contributed by atoms with Crippen molar-refractivity contribution in [3.63, 3.8) is 0 Å². The second-order valence-corrected chi connectivity index (χ2v) is 7.92. The van der Waals surface area contributed by atoms with Gasteiger partial charge in [-0.25, -0.2) is 0 Å². The van der Waals surface area contributed by atoms with Crippen molar-refractivity contribution in [2.75, 3.05) is 13.1 Å². The van der Waals surface area contributed by atoms with Crippen LogP contribution in [0.2, 0.25) is 0 Å². The highest BCUT2D eigenvalue weighted by molar-refractivity contribution is 5.55. The number of hydrogen-bond donors (Lipinski definition) is 1. The summed E-state index contributed by atoms with van der Waals surface area (Å²) < 4.78 is 0. The summed E-state index contributed by atoms with van der Waals surface area (Å²) >= 11 is 0. The quantitative estimate of drug-likeness (QED) is 0.687. The molecule has 3 aliphatic rings. The number of aromatic hydroxyl groups is 1. The molecule has 0 amide bonds. The lowest BCUT2D eigenvalue weighted by molar-refractivity contribution is -0.386. The maximum Gasteiger partial charge on any atom is 0.310 e. The number of hydrogen-bond acceptors (Lipinski definition) is 4. The molecule has 1 unspecified atom stereocenters. The topological polar surface area (TPSA) is 66.6 Å². The van der Waals surface area contributed by atoms with Gasteiger partial charge in [0.2, 0.25) is 0 Å². The average Bonchev–Trinajstić information content (AvgIpc) is 3.30. The van der Waals surface area contributed by atoms with Crippen LogP contribution in [0.3, 0.4) is 0 Å². The van der Waals surface area contributed by atoms with Crippen molar-refractivity contribution in [2.24, 2.45) is 11.8 Å². The maximum absolute atomic E-state index is 11.2. The van der Waals surface area contributed by atoms with Crippen LogP contribution in [-0.4, -0.2) is 34.1 Å². The minimum atomic E-state index is -0.478. The molecule has 1 aromatic carbocycles. The van der Waals surface area contributed by atoms with Crippen LogP contribution >= 0.6 is 0 Å². The molecule has 2 aliphatic carbocycles. The van der Waals surface area contributed by atoms with Crippen LogP contribution in [0.5, 0.6) is 5.75 Å². The zero-order valence-corrected chi connectivity index (χ0v) is 13.8. The van der Waals surface area contributed by atoms with Gasteiger partial charge >= 0.3 is 5.69 Å². The standard InChI is InChI=1S/C18H24N2O3/c1-11-15-7-13-8-16(20(22)23)17(21)9-14(13)18(11,2)5-6-19(15)10-12-3-4-12/h8-9,11-12,15,21H,3-7,10H2,1-2H3/t11-,15?,18-/m0/s1. The van der Waals surface area contributed by atoms with E-state index in [0.717, 1.165) is 36.4 Å². The number of piperidine rings is 1. The number of fused-ring (bicyclic) bond motifs is 4. The molecule has 1 aliphatic heterocycles. The monoisotopic (exact) mass is 316 g/mol. The third-order valence-electron chi connectivity index (χ3n) is 6.60. The van der Waals surface area contributed by atoms with Gasteiger partial charge in [-0.05, 0) is 66.7 Å². The summed E-state index contributed by atoms with van der Waals surface area (Å²) in [7, 11) is 0. The van der Waals surface area contributed by atoms with Gasteiger partial charge in [-0.15, -0.1) is 0 Å². The molecule has 0 radical (unpaired) electrons. The first-order valence-corrected chi connectivity index (χ1v) is 8.65. The van der Waals surface area contributed by atoms with E-state index in [0.29, 0.717) is 12.0 Å². The Bertz CT molecular complexity index is 670. The molecule has 1 aromatic rings. The van der Waals surface area contributed by atoms with Crippen molar-refractivity contribution in [2.45, 2.75) is 51.0 Å². The van der Waals surface area contributed by atoms with Gasteiger partial charge in [0.05, 0.1) is 4.92 Å². The van der Waals surface area contributed by atoms with E-state index in [4.69, 9.17) is 0 Å². The number of likely N-dealkylation sites (tertiary alicyclic amines) is 1. The molecule has 3 atom stereocenters. The fourth-order valence-corrected chi connectivity index (χ4v) is 4.75. The molecule has 2 fully saturated rings. The van der Waals surface area contributed by atoms with Gasteiger partial charge in [0.25, 0.3) is 0 Å². The van der Waals surface area contributed by atoms with E-state index in [1.54, 1.807) is 12.1 Å². The molecule has 4 rings (SSSR count). The summed E-state index contributed by atoms with van der Waals surface area (Å²) in [5, 5.41) is 21.2. The summed E-state index contributed by atoms with van der Waals surface area (Å²) in [6.07, 6.45) is 4.62. The lowest BCUT2D eigenvalue weighted by Crippen LogP contribution is -2.58. The smallest absolute Gasteiger partial charge is 0.310 e. The predicted molar refractivity (Wildman–Crippen MR) is 87.7 cm³/mol. The first-order valence-electron chi connectivity index (χ1n) is 8.65. The van der Waals surface area contributed by atoms with E-state index in [-0.39, 0.29) is 16.9 Å². The van der Waals surface area contributed by atoms with Gasteiger partial charge in [0.15, 0.2) is 5.75 Å². The molecule has 5 nitrogen and oxygen atoms in total. The Morgan fingerprint density at radius 1 is 1.43 bits per heavy atom. The van der Waals surface area contributed by atoms with Crippen molar-refractivity contribution in [3.8, 4) is 5.75 Å². The molecule has 1 heterocycles. The van der Waals surface area contributed by atoms with Crippen LogP contribution in [0.1, 0.15) is 44.2 Å². The third-order valence-corrected chi connectivity index (χ3v) is 6.60. The van der Waals surface area contributed by atoms with Gasteiger partial charge in [-0.3, -0.25) is 15.0 Å². The molecular formula is C18H24N2O3. The molecule has 0 aromatic heterocycles. The molecule has 23 heavy (non-hydrogen) atoms. The Labute approximate surface area is 136 Å². The molecule has 124 valence electrons. The molecule has 1 saturated heterocycles. The van der Waals surface area contributed by atoms with Crippen molar-refractivity contribution in [1.29, 1.82) is 0 Å². The van der Waals surface area contributed by atoms with Crippen LogP contribution in [0.25, 0.3) is 0 Å². The normalized spacial score (nSPS) is 33.3. The van der Waals surface area contributed by atoms with Crippen LogP contribution in [0.4, 0.5) is 5.69 Å². The second kappa shape index (κ2) is 4.94. The second-order valence-electron chi connectivity index (χ2n) is 7.92. The highest BCUT2D eigenvalue weighted by atomic mass is 16.6. The molecule has 2 bridgehead atoms. The third kappa shape index (κ3) is 2.24. The van der Waals surface area contributed by atoms with Gasteiger partial charge < -0.3 is 5.11 Å². The summed E-state index contributed by atoms with van der Waals surface area (Å²) in [4.78, 5) is 13.3. The predicted octanol–water partition coefficient (Wildman–Crippen LogP) is 3.23. The van der Waals surface area contributed by atoms with E-state index in [2.05, 4.69) is 18.7 Å². The van der Waals surface area contributed by atoms with Crippen molar-refractivity contribution in [3.05, 3.63) is 33.4 Å². The molecule has 1 N–H and O–H groups in total. The first kappa shape index (κ1) is 14.9. The zero-order chi connectivity index (χ0) is 16.4. The van der Waals surface area contributed by atoms with E-state index >= 15 is 0 Å². The SMILES string of the molecule is C[C@H]1C2Cc3cc([N+](=O)[O-])c(O)cc3[C@@]1(C)CCN2CC1CC1. The van der Waals surface area contributed by atoms with Gasteiger partial charge in [0.1, 0.15) is 0 Å². The maximum atomic E-state index is 11.2. The lowest BCUT2D eigenvalue weighted by Gasteiger charge is -2.54. The van der Waals surface area contributed by atoms with Gasteiger partial charge in [-0.2, -0.15) is 0 Å². The van der Waals surface area contributed by atoms with Crippen LogP contribution < -0.4 is 0 Å². The van der Waals surface area contributed by atoms with E-state index in [1.807, 2.05) is 0 Å². The number of benzene rings is 1. The zero-order valence-electron chi connectivity index (χ0n) is 13.8. The Hall–Kier alpha value is -1.62. The number of rotatable bonds is 3. The van der Waals surface area contributed by atoms with E-state index in [9.17, 15) is 15.2 Å². The Kier molecular flexibility index (Phi) is 3.21. The number of nitro benzene ring substituents is 1. The Morgan fingerprint density at radius 2 is 2.17 bits per heavy atom. The van der Waals surface area contributed by atoms with Crippen LogP contribution in [0, 0.1) is 22.0 Å². The Morgan fingerprint density at radius 3 is 2.83 bits per heavy atom. The highest BCUT2D eigenvalue weighted by Crippen LogP contribution is 2.51. The first-order chi connectivity index (χ1) is 10.9. The summed E-state index contributed by atoms with van der Waals surface area (Å²) in [5.74, 6) is 1.17.